The third-order valence-electron chi connectivity index (χ3n) is 2.01. The molecule has 0 aliphatic heterocycles. The summed E-state index contributed by atoms with van der Waals surface area (Å²) in [5.74, 6) is -0.835. The van der Waals surface area contributed by atoms with E-state index in [1.807, 2.05) is 20.8 Å². The maximum atomic E-state index is 13.2. The second-order valence-corrected chi connectivity index (χ2v) is 4.70. The summed E-state index contributed by atoms with van der Waals surface area (Å²) in [4.78, 5) is 0. The van der Waals surface area contributed by atoms with Gasteiger partial charge in [0.05, 0.1) is 0 Å². The molecule has 0 saturated carbocycles. The van der Waals surface area contributed by atoms with Crippen molar-refractivity contribution in [2.45, 2.75) is 26.3 Å². The number of rotatable bonds is 3. The van der Waals surface area contributed by atoms with Crippen LogP contribution in [0, 0.1) is 11.6 Å². The first-order chi connectivity index (χ1) is 7.38. The largest absolute Gasteiger partial charge is 0.309 e. The first kappa shape index (κ1) is 12.8. The lowest BCUT2D eigenvalue weighted by Crippen LogP contribution is -2.35. The molecule has 0 fully saturated rings. The Morgan fingerprint density at radius 3 is 2.56 bits per heavy atom. The average molecular weight is 225 g/mol. The highest BCUT2D eigenvalue weighted by Gasteiger charge is 2.06. The van der Waals surface area contributed by atoms with Crippen molar-refractivity contribution >= 4 is 6.08 Å². The van der Waals surface area contributed by atoms with Gasteiger partial charge in [-0.2, -0.15) is 0 Å². The summed E-state index contributed by atoms with van der Waals surface area (Å²) in [5, 5.41) is 3.22. The van der Waals surface area contributed by atoms with Gasteiger partial charge in [-0.25, -0.2) is 8.78 Å². The summed E-state index contributed by atoms with van der Waals surface area (Å²) >= 11 is 0. The van der Waals surface area contributed by atoms with Crippen LogP contribution < -0.4 is 5.32 Å². The summed E-state index contributed by atoms with van der Waals surface area (Å²) in [7, 11) is 0. The van der Waals surface area contributed by atoms with Gasteiger partial charge in [-0.3, -0.25) is 0 Å². The molecule has 1 N–H and O–H groups in total. The first-order valence-electron chi connectivity index (χ1n) is 5.25. The first-order valence-corrected chi connectivity index (χ1v) is 5.25. The molecule has 0 heterocycles. The Labute approximate surface area is 95.2 Å². The van der Waals surface area contributed by atoms with Crippen molar-refractivity contribution in [2.24, 2.45) is 0 Å². The Balaban J connectivity index is 2.59. The minimum Gasteiger partial charge on any atom is -0.309 e. The molecule has 0 saturated heterocycles. The van der Waals surface area contributed by atoms with E-state index in [9.17, 15) is 8.78 Å². The molecule has 16 heavy (non-hydrogen) atoms. The molecule has 1 rings (SSSR count). The Hall–Kier alpha value is -1.22. The maximum absolute atomic E-state index is 13.2. The van der Waals surface area contributed by atoms with Gasteiger partial charge in [0.15, 0.2) is 0 Å². The number of hydrogen-bond acceptors (Lipinski definition) is 1. The topological polar surface area (TPSA) is 12.0 Å². The fourth-order valence-electron chi connectivity index (χ4n) is 1.19. The van der Waals surface area contributed by atoms with E-state index in [1.165, 1.54) is 6.07 Å². The van der Waals surface area contributed by atoms with E-state index in [-0.39, 0.29) is 11.1 Å². The quantitative estimate of drug-likeness (QED) is 0.831. The second kappa shape index (κ2) is 5.21. The smallest absolute Gasteiger partial charge is 0.130 e. The summed E-state index contributed by atoms with van der Waals surface area (Å²) in [6.07, 6.45) is 3.36. The highest BCUT2D eigenvalue weighted by atomic mass is 19.1. The minimum absolute atomic E-state index is 0.0187. The molecule has 3 heteroatoms. The zero-order valence-corrected chi connectivity index (χ0v) is 9.85. The van der Waals surface area contributed by atoms with Crippen LogP contribution in [-0.2, 0) is 0 Å². The lowest BCUT2D eigenvalue weighted by atomic mass is 10.1. The highest BCUT2D eigenvalue weighted by molar-refractivity contribution is 5.50. The number of halogens is 2. The van der Waals surface area contributed by atoms with E-state index >= 15 is 0 Å². The van der Waals surface area contributed by atoms with Gasteiger partial charge in [-0.05, 0) is 39.0 Å². The van der Waals surface area contributed by atoms with E-state index in [2.05, 4.69) is 5.32 Å². The van der Waals surface area contributed by atoms with Gasteiger partial charge in [0, 0.05) is 17.6 Å². The lowest BCUT2D eigenvalue weighted by molar-refractivity contribution is 0.450. The highest BCUT2D eigenvalue weighted by Crippen LogP contribution is 2.11. The summed E-state index contributed by atoms with van der Waals surface area (Å²) in [6, 6.07) is 3.43. The van der Waals surface area contributed by atoms with Crippen LogP contribution in [0.5, 0.6) is 0 Å². The van der Waals surface area contributed by atoms with Crippen molar-refractivity contribution in [3.8, 4) is 0 Å². The van der Waals surface area contributed by atoms with Crippen molar-refractivity contribution < 1.29 is 8.78 Å². The molecular weight excluding hydrogens is 208 g/mol. The van der Waals surface area contributed by atoms with Crippen LogP contribution in [0.15, 0.2) is 24.3 Å². The molecule has 0 radical (unpaired) electrons. The zero-order chi connectivity index (χ0) is 12.2. The molecule has 0 atom stereocenters. The van der Waals surface area contributed by atoms with E-state index in [1.54, 1.807) is 12.2 Å². The van der Waals surface area contributed by atoms with Crippen molar-refractivity contribution in [2.75, 3.05) is 6.54 Å². The average Bonchev–Trinajstić information content (AvgIpc) is 2.16. The fourth-order valence-corrected chi connectivity index (χ4v) is 1.19. The standard InChI is InChI=1S/C13H17F2N/c1-13(2,3)16-8-4-5-10-9-11(14)6-7-12(10)15/h4-7,9,16H,8H2,1-3H3. The molecule has 0 unspecified atom stereocenters. The monoisotopic (exact) mass is 225 g/mol. The molecule has 1 nitrogen and oxygen atoms in total. The van der Waals surface area contributed by atoms with Crippen molar-refractivity contribution in [3.05, 3.63) is 41.5 Å². The van der Waals surface area contributed by atoms with Gasteiger partial charge in [-0.15, -0.1) is 0 Å². The van der Waals surface area contributed by atoms with Crippen LogP contribution in [-0.4, -0.2) is 12.1 Å². The normalized spacial score (nSPS) is 12.3. The number of nitrogens with one attached hydrogen (secondary N) is 1. The minimum atomic E-state index is -0.426. The molecule has 1 aromatic carbocycles. The van der Waals surface area contributed by atoms with Crippen molar-refractivity contribution in [1.29, 1.82) is 0 Å². The van der Waals surface area contributed by atoms with Crippen LogP contribution >= 0.6 is 0 Å². The summed E-state index contributed by atoms with van der Waals surface area (Å²) in [5.41, 5.74) is 0.292. The van der Waals surface area contributed by atoms with Gasteiger partial charge >= 0.3 is 0 Å². The molecular formula is C13H17F2N. The molecule has 1 aromatic rings. The molecule has 0 aliphatic rings. The molecule has 88 valence electrons. The SMILES string of the molecule is CC(C)(C)NCC=Cc1cc(F)ccc1F. The Kier molecular flexibility index (Phi) is 4.19. The molecule has 0 bridgehead atoms. The predicted molar refractivity (Wildman–Crippen MR) is 63.1 cm³/mol. The van der Waals surface area contributed by atoms with Gasteiger partial charge in [-0.1, -0.05) is 12.2 Å². The Morgan fingerprint density at radius 2 is 1.94 bits per heavy atom. The van der Waals surface area contributed by atoms with Crippen LogP contribution in [0.3, 0.4) is 0 Å². The lowest BCUT2D eigenvalue weighted by Gasteiger charge is -2.18. The maximum Gasteiger partial charge on any atom is 0.130 e. The number of hydrogen-bond donors (Lipinski definition) is 1. The van der Waals surface area contributed by atoms with E-state index in [4.69, 9.17) is 0 Å². The van der Waals surface area contributed by atoms with Crippen molar-refractivity contribution in [1.82, 2.24) is 5.32 Å². The molecule has 0 aliphatic carbocycles. The third kappa shape index (κ3) is 4.53. The van der Waals surface area contributed by atoms with E-state index in [0.29, 0.717) is 6.54 Å². The molecule has 0 amide bonds. The van der Waals surface area contributed by atoms with Gasteiger partial charge in [0.25, 0.3) is 0 Å². The zero-order valence-electron chi connectivity index (χ0n) is 9.85. The van der Waals surface area contributed by atoms with Gasteiger partial charge in [0.2, 0.25) is 0 Å². The molecule has 0 spiro atoms. The van der Waals surface area contributed by atoms with E-state index < -0.39 is 11.6 Å². The number of benzene rings is 1. The summed E-state index contributed by atoms with van der Waals surface area (Å²) in [6.45, 7) is 6.76. The summed E-state index contributed by atoms with van der Waals surface area (Å²) < 4.78 is 26.0. The third-order valence-corrected chi connectivity index (χ3v) is 2.01. The Morgan fingerprint density at radius 1 is 1.25 bits per heavy atom. The van der Waals surface area contributed by atoms with Gasteiger partial charge in [0.1, 0.15) is 11.6 Å². The second-order valence-electron chi connectivity index (χ2n) is 4.70. The van der Waals surface area contributed by atoms with Gasteiger partial charge < -0.3 is 5.32 Å². The van der Waals surface area contributed by atoms with Crippen LogP contribution in [0.4, 0.5) is 8.78 Å². The van der Waals surface area contributed by atoms with Crippen LogP contribution in [0.2, 0.25) is 0 Å². The fraction of sp³-hybridized carbons (Fsp3) is 0.385. The van der Waals surface area contributed by atoms with Crippen molar-refractivity contribution in [3.63, 3.8) is 0 Å². The van der Waals surface area contributed by atoms with E-state index in [0.717, 1.165) is 12.1 Å². The predicted octanol–water partition coefficient (Wildman–Crippen LogP) is 3.37. The van der Waals surface area contributed by atoms with Crippen LogP contribution in [0.25, 0.3) is 6.08 Å². The van der Waals surface area contributed by atoms with Crippen LogP contribution in [0.1, 0.15) is 26.3 Å². The molecule has 0 aromatic heterocycles. The Bertz CT molecular complexity index is 378.